The summed E-state index contributed by atoms with van der Waals surface area (Å²) < 4.78 is 5.63. The van der Waals surface area contributed by atoms with Gasteiger partial charge in [0.05, 0.1) is 0 Å². The summed E-state index contributed by atoms with van der Waals surface area (Å²) in [7, 11) is 0. The van der Waals surface area contributed by atoms with Crippen LogP contribution < -0.4 is 15.8 Å². The number of carbonyl (C=O) groups excluding carboxylic acids is 2. The Morgan fingerprint density at radius 3 is 2.36 bits per heavy atom. The first-order valence-corrected chi connectivity index (χ1v) is 7.90. The summed E-state index contributed by atoms with van der Waals surface area (Å²) in [6.45, 7) is 1.67. The molecule has 0 bridgehead atoms. The highest BCUT2D eigenvalue weighted by molar-refractivity contribution is 6.03. The molecule has 0 saturated carbocycles. The second-order valence-corrected chi connectivity index (χ2v) is 5.66. The number of nitrogens with one attached hydrogen (secondary N) is 1. The van der Waals surface area contributed by atoms with Crippen molar-refractivity contribution in [2.24, 2.45) is 5.73 Å². The maximum Gasteiger partial charge on any atom is 0.265 e. The molecule has 0 spiro atoms. The van der Waals surface area contributed by atoms with E-state index in [4.69, 9.17) is 10.5 Å². The molecule has 0 saturated heterocycles. The second-order valence-electron chi connectivity index (χ2n) is 5.66. The van der Waals surface area contributed by atoms with Gasteiger partial charge in [-0.15, -0.1) is 0 Å². The van der Waals surface area contributed by atoms with Crippen molar-refractivity contribution in [3.05, 3.63) is 72.3 Å². The molecule has 0 aromatic heterocycles. The molecule has 2 amide bonds. The summed E-state index contributed by atoms with van der Waals surface area (Å²) in [4.78, 5) is 23.5. The molecule has 0 aliphatic carbocycles. The average molecular weight is 334 g/mol. The lowest BCUT2D eigenvalue weighted by Crippen LogP contribution is -2.30. The van der Waals surface area contributed by atoms with E-state index in [-0.39, 0.29) is 5.91 Å². The highest BCUT2D eigenvalue weighted by Gasteiger charge is 2.16. The van der Waals surface area contributed by atoms with Gasteiger partial charge in [0.1, 0.15) is 5.75 Å². The number of fused-ring (bicyclic) bond motifs is 1. The van der Waals surface area contributed by atoms with Gasteiger partial charge in [-0.1, -0.05) is 36.4 Å². The third-order valence-electron chi connectivity index (χ3n) is 3.87. The summed E-state index contributed by atoms with van der Waals surface area (Å²) in [5, 5.41) is 4.92. The zero-order valence-corrected chi connectivity index (χ0v) is 13.7. The monoisotopic (exact) mass is 334 g/mol. The van der Waals surface area contributed by atoms with Crippen molar-refractivity contribution in [3.8, 4) is 5.75 Å². The smallest absolute Gasteiger partial charge is 0.265 e. The number of benzene rings is 3. The minimum Gasteiger partial charge on any atom is -0.481 e. The fourth-order valence-corrected chi connectivity index (χ4v) is 2.52. The van der Waals surface area contributed by atoms with E-state index in [2.05, 4.69) is 5.32 Å². The average Bonchev–Trinajstić information content (AvgIpc) is 2.62. The molecule has 1 atom stereocenters. The molecule has 5 nitrogen and oxygen atoms in total. The van der Waals surface area contributed by atoms with Crippen LogP contribution in [0.5, 0.6) is 5.75 Å². The quantitative estimate of drug-likeness (QED) is 0.751. The van der Waals surface area contributed by atoms with Crippen LogP contribution in [-0.4, -0.2) is 17.9 Å². The molecule has 0 heterocycles. The number of carbonyl (C=O) groups is 2. The molecule has 3 N–H and O–H groups in total. The molecule has 126 valence electrons. The zero-order valence-electron chi connectivity index (χ0n) is 13.7. The molecule has 3 aromatic carbocycles. The topological polar surface area (TPSA) is 81.4 Å². The van der Waals surface area contributed by atoms with Gasteiger partial charge in [-0.05, 0) is 42.6 Å². The maximum absolute atomic E-state index is 12.4. The van der Waals surface area contributed by atoms with Crippen LogP contribution in [0.3, 0.4) is 0 Å². The van der Waals surface area contributed by atoms with Crippen molar-refractivity contribution in [2.75, 3.05) is 5.32 Å². The third-order valence-corrected chi connectivity index (χ3v) is 3.87. The lowest BCUT2D eigenvalue weighted by molar-refractivity contribution is -0.122. The molecule has 0 aliphatic rings. The number of nitrogens with two attached hydrogens (primary N) is 1. The second kappa shape index (κ2) is 7.05. The molecule has 3 aromatic rings. The van der Waals surface area contributed by atoms with Crippen molar-refractivity contribution < 1.29 is 14.3 Å². The molecule has 25 heavy (non-hydrogen) atoms. The van der Waals surface area contributed by atoms with Crippen LogP contribution in [-0.2, 0) is 4.79 Å². The van der Waals surface area contributed by atoms with Gasteiger partial charge in [-0.3, -0.25) is 9.59 Å². The minimum atomic E-state index is -0.696. The molecule has 0 radical (unpaired) electrons. The Bertz CT molecular complexity index is 914. The molecular formula is C20H18N2O3. The van der Waals surface area contributed by atoms with Crippen LogP contribution in [0.2, 0.25) is 0 Å². The maximum atomic E-state index is 12.4. The van der Waals surface area contributed by atoms with E-state index in [0.717, 1.165) is 16.5 Å². The molecule has 0 unspecified atom stereocenters. The van der Waals surface area contributed by atoms with E-state index in [1.807, 2.05) is 42.5 Å². The van der Waals surface area contributed by atoms with Crippen molar-refractivity contribution in [1.82, 2.24) is 0 Å². The van der Waals surface area contributed by atoms with E-state index >= 15 is 0 Å². The number of ether oxygens (including phenoxy) is 1. The summed E-state index contributed by atoms with van der Waals surface area (Å²) in [6.07, 6.45) is -0.696. The van der Waals surface area contributed by atoms with Crippen molar-refractivity contribution >= 4 is 28.3 Å². The number of hydrogen-bond donors (Lipinski definition) is 2. The van der Waals surface area contributed by atoms with Crippen LogP contribution in [0.15, 0.2) is 66.7 Å². The van der Waals surface area contributed by atoms with Crippen LogP contribution in [0.25, 0.3) is 10.8 Å². The fourth-order valence-electron chi connectivity index (χ4n) is 2.52. The molecule has 0 fully saturated rings. The molecule has 3 rings (SSSR count). The largest absolute Gasteiger partial charge is 0.481 e. The lowest BCUT2D eigenvalue weighted by atomic mass is 10.1. The van der Waals surface area contributed by atoms with Gasteiger partial charge in [0.25, 0.3) is 5.91 Å². The van der Waals surface area contributed by atoms with Gasteiger partial charge in [0.15, 0.2) is 6.10 Å². The third kappa shape index (κ3) is 3.77. The van der Waals surface area contributed by atoms with Crippen LogP contribution in [0.4, 0.5) is 5.69 Å². The summed E-state index contributed by atoms with van der Waals surface area (Å²) >= 11 is 0. The van der Waals surface area contributed by atoms with Crippen molar-refractivity contribution in [2.45, 2.75) is 13.0 Å². The molecule has 0 aliphatic heterocycles. The van der Waals surface area contributed by atoms with E-state index in [0.29, 0.717) is 11.3 Å². The van der Waals surface area contributed by atoms with Gasteiger partial charge < -0.3 is 15.8 Å². The zero-order chi connectivity index (χ0) is 17.8. The van der Waals surface area contributed by atoms with Crippen molar-refractivity contribution in [1.29, 1.82) is 0 Å². The van der Waals surface area contributed by atoms with Gasteiger partial charge in [-0.25, -0.2) is 0 Å². The Balaban J connectivity index is 1.71. The van der Waals surface area contributed by atoms with Gasteiger partial charge in [0, 0.05) is 16.6 Å². The van der Waals surface area contributed by atoms with Crippen LogP contribution in [0.1, 0.15) is 17.3 Å². The van der Waals surface area contributed by atoms with Crippen molar-refractivity contribution in [3.63, 3.8) is 0 Å². The standard InChI is InChI=1S/C20H18N2O3/c1-13(25-16-11-9-15(10-12-16)19(21)23)20(24)22-18-8-4-6-14-5-2-3-7-17(14)18/h2-13H,1H3,(H2,21,23)(H,22,24)/t13-/m0/s1. The Labute approximate surface area is 145 Å². The van der Waals surface area contributed by atoms with Crippen LogP contribution in [0, 0.1) is 0 Å². The number of primary amides is 1. The Hall–Kier alpha value is -3.34. The first-order valence-electron chi connectivity index (χ1n) is 7.90. The summed E-state index contributed by atoms with van der Waals surface area (Å²) in [6, 6.07) is 19.9. The first-order chi connectivity index (χ1) is 12.0. The van der Waals surface area contributed by atoms with E-state index in [1.54, 1.807) is 31.2 Å². The number of anilines is 1. The Morgan fingerprint density at radius 1 is 0.960 bits per heavy atom. The van der Waals surface area contributed by atoms with Crippen LogP contribution >= 0.6 is 0 Å². The minimum absolute atomic E-state index is 0.254. The van der Waals surface area contributed by atoms with E-state index in [9.17, 15) is 9.59 Å². The number of hydrogen-bond acceptors (Lipinski definition) is 3. The highest BCUT2D eigenvalue weighted by atomic mass is 16.5. The fraction of sp³-hybridized carbons (Fsp3) is 0.100. The Morgan fingerprint density at radius 2 is 1.64 bits per heavy atom. The summed E-state index contributed by atoms with van der Waals surface area (Å²) in [5.74, 6) is -0.269. The highest BCUT2D eigenvalue weighted by Crippen LogP contribution is 2.23. The van der Waals surface area contributed by atoms with Gasteiger partial charge >= 0.3 is 0 Å². The molecule has 5 heteroatoms. The van der Waals surface area contributed by atoms with Gasteiger partial charge in [0.2, 0.25) is 5.91 Å². The van der Waals surface area contributed by atoms with E-state index in [1.165, 1.54) is 0 Å². The predicted octanol–water partition coefficient (Wildman–Crippen LogP) is 3.34. The molecular weight excluding hydrogens is 316 g/mol. The summed E-state index contributed by atoms with van der Waals surface area (Å²) in [5.41, 5.74) is 6.33. The number of rotatable bonds is 5. The normalized spacial score (nSPS) is 11.7. The van der Waals surface area contributed by atoms with E-state index < -0.39 is 12.0 Å². The van der Waals surface area contributed by atoms with Gasteiger partial charge in [-0.2, -0.15) is 0 Å². The lowest BCUT2D eigenvalue weighted by Gasteiger charge is -2.16. The number of amides is 2. The Kier molecular flexibility index (Phi) is 4.66. The first kappa shape index (κ1) is 16.5. The SMILES string of the molecule is C[C@H](Oc1ccc(C(N)=O)cc1)C(=O)Nc1cccc2ccccc12. The predicted molar refractivity (Wildman–Crippen MR) is 97.6 cm³/mol.